The van der Waals surface area contributed by atoms with Crippen molar-refractivity contribution in [3.8, 4) is 0 Å². The van der Waals surface area contributed by atoms with Crippen molar-refractivity contribution in [2.24, 2.45) is 11.7 Å². The Hall–Kier alpha value is -2.40. The Bertz CT molecular complexity index is 1110. The van der Waals surface area contributed by atoms with Gasteiger partial charge < -0.3 is 30.5 Å². The fraction of sp³-hybridized carbons (Fsp3) is 0.771. The summed E-state index contributed by atoms with van der Waals surface area (Å²) in [7, 11) is 0. The molecule has 0 aliphatic carbocycles. The number of hydrogen-bond acceptors (Lipinski definition) is 9. The molecule has 0 aromatic carbocycles. The molecule has 0 amide bonds. The van der Waals surface area contributed by atoms with Crippen LogP contribution in [0.2, 0.25) is 0 Å². The van der Waals surface area contributed by atoms with Gasteiger partial charge in [-0.1, -0.05) is 185 Å². The van der Waals surface area contributed by atoms with E-state index in [1.54, 1.807) is 0 Å². The molecular formula is C48H85NO8S. The number of unbranched alkanes of at least 4 members (excludes halogenated alkanes) is 18. The van der Waals surface area contributed by atoms with Gasteiger partial charge >= 0.3 is 17.9 Å². The molecule has 0 heterocycles. The number of carboxylic acids is 1. The molecule has 0 aromatic rings. The van der Waals surface area contributed by atoms with Gasteiger partial charge in [0, 0.05) is 23.8 Å². The Morgan fingerprint density at radius 3 is 1.84 bits per heavy atom. The van der Waals surface area contributed by atoms with E-state index in [0.717, 1.165) is 38.0 Å². The quantitative estimate of drug-likeness (QED) is 0.0202. The van der Waals surface area contributed by atoms with Crippen LogP contribution < -0.4 is 5.73 Å². The lowest BCUT2D eigenvalue weighted by Gasteiger charge is -2.21. The molecular weight excluding hydrogens is 751 g/mol. The highest BCUT2D eigenvalue weighted by atomic mass is 32.2. The number of rotatable bonds is 41. The topological polar surface area (TPSA) is 156 Å². The number of carboxylic acid groups (broad SMARTS) is 1. The molecule has 0 aliphatic rings. The van der Waals surface area contributed by atoms with Gasteiger partial charge in [0.15, 0.2) is 6.10 Å². The number of allylic oxidation sites excluding steroid dienone is 7. The second kappa shape index (κ2) is 41.3. The highest BCUT2D eigenvalue weighted by Gasteiger charge is 2.23. The van der Waals surface area contributed by atoms with Gasteiger partial charge in [-0.3, -0.25) is 14.4 Å². The lowest BCUT2D eigenvalue weighted by molar-refractivity contribution is -0.161. The minimum atomic E-state index is -1.01. The number of esters is 2. The molecule has 0 rings (SSSR count). The van der Waals surface area contributed by atoms with Crippen LogP contribution in [0.15, 0.2) is 48.6 Å². The van der Waals surface area contributed by atoms with E-state index in [1.165, 1.54) is 121 Å². The molecule has 0 aromatic heterocycles. The summed E-state index contributed by atoms with van der Waals surface area (Å²) in [5.74, 6) is -1.07. The number of nitrogens with two attached hydrogens (primary N) is 1. The third-order valence-electron chi connectivity index (χ3n) is 10.0. The van der Waals surface area contributed by atoms with E-state index < -0.39 is 48.0 Å². The average molecular weight is 836 g/mol. The van der Waals surface area contributed by atoms with Crippen molar-refractivity contribution in [1.29, 1.82) is 0 Å². The maximum atomic E-state index is 12.7. The van der Waals surface area contributed by atoms with E-state index in [-0.39, 0.29) is 31.6 Å². The van der Waals surface area contributed by atoms with Gasteiger partial charge in [0.25, 0.3) is 0 Å². The number of carbonyl (C=O) groups is 3. The minimum absolute atomic E-state index is 0.0440. The molecule has 9 nitrogen and oxygen atoms in total. The first-order chi connectivity index (χ1) is 28.1. The van der Waals surface area contributed by atoms with Gasteiger partial charge in [-0.25, -0.2) is 0 Å². The van der Waals surface area contributed by atoms with Crippen molar-refractivity contribution < 1.29 is 39.2 Å². The Labute approximate surface area is 358 Å². The van der Waals surface area contributed by atoms with Gasteiger partial charge in [-0.15, -0.1) is 11.8 Å². The summed E-state index contributed by atoms with van der Waals surface area (Å²) in [5, 5.41) is 29.1. The standard InChI is InChI=1S/C48H85NO8S/c1-4-5-6-7-8-9-10-18-21-24-27-30-35-45(44(51)34-32-36-46(52)53)58-40-43(49)48(55)56-39-42(38-50)57-47(54)37-31-28-25-22-19-16-14-12-11-13-15-17-20-23-26-29-33-41(2)3/h8-9,18,21,24,27,30,35,41-45,50-51H,4-7,10-17,19-20,22-23,25-26,28-29,31-34,36-40,49H2,1-3H3,(H,52,53)/b9-8-,21-18-,27-24+,35-30+/t42-,43-,44-,45+/m0/s1. The van der Waals surface area contributed by atoms with Crippen molar-refractivity contribution in [1.82, 2.24) is 0 Å². The summed E-state index contributed by atoms with van der Waals surface area (Å²) in [5.41, 5.74) is 6.11. The SMILES string of the molecule is CCCCC/C=C\C\C=C/C=C/C=C/[C@@H](SC[C@H](N)C(=O)OC[C@H](CO)OC(=O)CCCCCCCCCCCCCCCCCCC(C)C)[C@@H](O)CCCC(=O)O. The summed E-state index contributed by atoms with van der Waals surface area (Å²) >= 11 is 1.28. The molecule has 336 valence electrons. The van der Waals surface area contributed by atoms with Crippen molar-refractivity contribution in [2.75, 3.05) is 19.0 Å². The van der Waals surface area contributed by atoms with Crippen LogP contribution in [0, 0.1) is 5.92 Å². The lowest BCUT2D eigenvalue weighted by atomic mass is 10.0. The van der Waals surface area contributed by atoms with E-state index in [1.807, 2.05) is 30.4 Å². The minimum Gasteiger partial charge on any atom is -0.481 e. The van der Waals surface area contributed by atoms with Crippen LogP contribution in [0.25, 0.3) is 0 Å². The van der Waals surface area contributed by atoms with Gasteiger partial charge in [-0.2, -0.15) is 0 Å². The van der Waals surface area contributed by atoms with Gasteiger partial charge in [0.2, 0.25) is 0 Å². The lowest BCUT2D eigenvalue weighted by Crippen LogP contribution is -2.38. The summed E-state index contributed by atoms with van der Waals surface area (Å²) in [6.07, 6.45) is 41.9. The maximum Gasteiger partial charge on any atom is 0.323 e. The number of carbonyl (C=O) groups excluding carboxylic acids is 2. The summed E-state index contributed by atoms with van der Waals surface area (Å²) in [6, 6.07) is -1.01. The molecule has 0 radical (unpaired) electrons. The van der Waals surface area contributed by atoms with Crippen LogP contribution >= 0.6 is 11.8 Å². The summed E-state index contributed by atoms with van der Waals surface area (Å²) in [4.78, 5) is 36.0. The van der Waals surface area contributed by atoms with Crippen LogP contribution in [0.4, 0.5) is 0 Å². The molecule has 0 spiro atoms. The number of aliphatic carboxylic acids is 1. The predicted molar refractivity (Wildman–Crippen MR) is 243 cm³/mol. The largest absolute Gasteiger partial charge is 0.481 e. The third kappa shape index (κ3) is 37.8. The van der Waals surface area contributed by atoms with E-state index in [2.05, 4.69) is 39.0 Å². The number of aliphatic hydroxyl groups excluding tert-OH is 2. The van der Waals surface area contributed by atoms with Gasteiger partial charge in [-0.05, 0) is 44.4 Å². The third-order valence-corrected chi connectivity index (χ3v) is 11.5. The van der Waals surface area contributed by atoms with E-state index in [4.69, 9.17) is 20.3 Å². The molecule has 0 bridgehead atoms. The van der Waals surface area contributed by atoms with Gasteiger partial charge in [0.05, 0.1) is 12.7 Å². The molecule has 0 unspecified atom stereocenters. The van der Waals surface area contributed by atoms with Crippen LogP contribution in [-0.2, 0) is 23.9 Å². The zero-order chi connectivity index (χ0) is 42.9. The summed E-state index contributed by atoms with van der Waals surface area (Å²) < 4.78 is 10.6. The van der Waals surface area contributed by atoms with Crippen molar-refractivity contribution in [2.45, 2.75) is 211 Å². The van der Waals surface area contributed by atoms with Crippen molar-refractivity contribution in [3.05, 3.63) is 48.6 Å². The van der Waals surface area contributed by atoms with Gasteiger partial charge in [0.1, 0.15) is 12.6 Å². The molecule has 58 heavy (non-hydrogen) atoms. The highest BCUT2D eigenvalue weighted by molar-refractivity contribution is 8.00. The van der Waals surface area contributed by atoms with Crippen LogP contribution in [0.3, 0.4) is 0 Å². The normalized spacial score (nSPS) is 14.3. The maximum absolute atomic E-state index is 12.7. The van der Waals surface area contributed by atoms with E-state index in [0.29, 0.717) is 6.42 Å². The Balaban J connectivity index is 4.32. The molecule has 4 atom stereocenters. The summed E-state index contributed by atoms with van der Waals surface area (Å²) in [6.45, 7) is 6.03. The molecule has 0 fully saturated rings. The molecule has 0 aliphatic heterocycles. The molecule has 0 saturated heterocycles. The molecule has 0 saturated carbocycles. The highest BCUT2D eigenvalue weighted by Crippen LogP contribution is 2.22. The van der Waals surface area contributed by atoms with Crippen molar-refractivity contribution >= 4 is 29.7 Å². The molecule has 5 N–H and O–H groups in total. The predicted octanol–water partition coefficient (Wildman–Crippen LogP) is 11.4. The first-order valence-corrected chi connectivity index (χ1v) is 24.0. The smallest absolute Gasteiger partial charge is 0.323 e. The van der Waals surface area contributed by atoms with Crippen LogP contribution in [0.1, 0.15) is 188 Å². The molecule has 10 heteroatoms. The first-order valence-electron chi connectivity index (χ1n) is 23.0. The Morgan fingerprint density at radius 2 is 1.28 bits per heavy atom. The van der Waals surface area contributed by atoms with Crippen molar-refractivity contribution in [3.63, 3.8) is 0 Å². The number of thioether (sulfide) groups is 1. The van der Waals surface area contributed by atoms with Crippen LogP contribution in [0.5, 0.6) is 0 Å². The number of aliphatic hydroxyl groups is 2. The van der Waals surface area contributed by atoms with Crippen LogP contribution in [-0.4, -0.2) is 75.7 Å². The zero-order valence-corrected chi connectivity index (χ0v) is 37.7. The Morgan fingerprint density at radius 1 is 0.690 bits per heavy atom. The monoisotopic (exact) mass is 836 g/mol. The Kier molecular flexibility index (Phi) is 39.6. The van der Waals surface area contributed by atoms with E-state index >= 15 is 0 Å². The number of hydrogen-bond donors (Lipinski definition) is 4. The fourth-order valence-electron chi connectivity index (χ4n) is 6.42. The first kappa shape index (κ1) is 55.6. The average Bonchev–Trinajstić information content (AvgIpc) is 3.19. The second-order valence-corrected chi connectivity index (χ2v) is 17.4. The second-order valence-electron chi connectivity index (χ2n) is 16.2. The fourth-order valence-corrected chi connectivity index (χ4v) is 7.54. The number of ether oxygens (including phenoxy) is 2. The van der Waals surface area contributed by atoms with E-state index in [9.17, 15) is 24.6 Å². The zero-order valence-electron chi connectivity index (χ0n) is 36.9.